The Bertz CT molecular complexity index is 442. The molecular weight excluding hydrogens is 254 g/mol. The van der Waals surface area contributed by atoms with Gasteiger partial charge in [-0.05, 0) is 37.4 Å². The number of piperidine rings is 1. The van der Waals surface area contributed by atoms with Crippen molar-refractivity contribution in [3.8, 4) is 0 Å². The van der Waals surface area contributed by atoms with Gasteiger partial charge >= 0.3 is 6.09 Å². The molecule has 0 saturated carbocycles. The van der Waals surface area contributed by atoms with Crippen LogP contribution < -0.4 is 10.6 Å². The van der Waals surface area contributed by atoms with Gasteiger partial charge in [0.05, 0.1) is 0 Å². The molecule has 2 rings (SSSR count). The van der Waals surface area contributed by atoms with Crippen LogP contribution in [0.5, 0.6) is 0 Å². The van der Waals surface area contributed by atoms with E-state index < -0.39 is 6.09 Å². The smallest absolute Gasteiger partial charge is 0.407 e. The standard InChI is InChI=1S/C15H23N3O2/c1-16-14-5-3-2-4-12(14)6-9-17-13-7-10-18(11-8-13)15(19)20/h2-5,13,16-17H,6-11H2,1H3,(H,19,20). The molecule has 1 aliphatic heterocycles. The second-order valence-corrected chi connectivity index (χ2v) is 5.16. The molecule has 110 valence electrons. The Balaban J connectivity index is 1.73. The lowest BCUT2D eigenvalue weighted by Gasteiger charge is -2.30. The number of hydrogen-bond donors (Lipinski definition) is 3. The molecule has 1 amide bonds. The van der Waals surface area contributed by atoms with Crippen molar-refractivity contribution in [1.29, 1.82) is 0 Å². The van der Waals surface area contributed by atoms with Gasteiger partial charge in [0.1, 0.15) is 0 Å². The van der Waals surface area contributed by atoms with E-state index in [1.165, 1.54) is 16.2 Å². The average molecular weight is 277 g/mol. The van der Waals surface area contributed by atoms with E-state index >= 15 is 0 Å². The molecule has 1 heterocycles. The molecule has 0 aliphatic carbocycles. The van der Waals surface area contributed by atoms with Crippen LogP contribution in [0.15, 0.2) is 24.3 Å². The van der Waals surface area contributed by atoms with E-state index in [9.17, 15) is 4.79 Å². The van der Waals surface area contributed by atoms with Gasteiger partial charge in [-0.2, -0.15) is 0 Å². The summed E-state index contributed by atoms with van der Waals surface area (Å²) >= 11 is 0. The molecule has 1 aromatic carbocycles. The largest absolute Gasteiger partial charge is 0.465 e. The van der Waals surface area contributed by atoms with Crippen molar-refractivity contribution in [3.05, 3.63) is 29.8 Å². The van der Waals surface area contributed by atoms with Crippen molar-refractivity contribution in [2.75, 3.05) is 32.0 Å². The van der Waals surface area contributed by atoms with Crippen LogP contribution in [-0.4, -0.2) is 48.8 Å². The molecule has 0 aromatic heterocycles. The van der Waals surface area contributed by atoms with Crippen LogP contribution in [0.4, 0.5) is 10.5 Å². The van der Waals surface area contributed by atoms with Crippen molar-refractivity contribution < 1.29 is 9.90 Å². The summed E-state index contributed by atoms with van der Waals surface area (Å²) in [6.07, 6.45) is 1.99. The van der Waals surface area contributed by atoms with Gasteiger partial charge in [0.15, 0.2) is 0 Å². The summed E-state index contributed by atoms with van der Waals surface area (Å²) in [5.74, 6) is 0. The summed E-state index contributed by atoms with van der Waals surface area (Å²) in [7, 11) is 1.94. The highest BCUT2D eigenvalue weighted by molar-refractivity contribution is 5.65. The Morgan fingerprint density at radius 2 is 2.05 bits per heavy atom. The Labute approximate surface area is 120 Å². The molecule has 0 spiro atoms. The lowest BCUT2D eigenvalue weighted by atomic mass is 10.0. The summed E-state index contributed by atoms with van der Waals surface area (Å²) in [6, 6.07) is 8.75. The first-order chi connectivity index (χ1) is 9.70. The van der Waals surface area contributed by atoms with Crippen LogP contribution in [0.3, 0.4) is 0 Å². The monoisotopic (exact) mass is 277 g/mol. The van der Waals surface area contributed by atoms with Gasteiger partial charge in [-0.3, -0.25) is 0 Å². The normalized spacial score (nSPS) is 16.1. The third-order valence-corrected chi connectivity index (χ3v) is 3.88. The van der Waals surface area contributed by atoms with Crippen molar-refractivity contribution in [2.24, 2.45) is 0 Å². The fourth-order valence-corrected chi connectivity index (χ4v) is 2.67. The molecule has 20 heavy (non-hydrogen) atoms. The molecule has 5 heteroatoms. The molecule has 1 aliphatic rings. The zero-order valence-electron chi connectivity index (χ0n) is 11.9. The van der Waals surface area contributed by atoms with Gasteiger partial charge < -0.3 is 20.6 Å². The molecule has 1 saturated heterocycles. The first-order valence-electron chi connectivity index (χ1n) is 7.17. The summed E-state index contributed by atoms with van der Waals surface area (Å²) in [5.41, 5.74) is 2.49. The Hall–Kier alpha value is -1.75. The predicted molar refractivity (Wildman–Crippen MR) is 80.3 cm³/mol. The second kappa shape index (κ2) is 7.14. The maximum atomic E-state index is 10.8. The van der Waals surface area contributed by atoms with Gasteiger partial charge in [0.25, 0.3) is 0 Å². The van der Waals surface area contributed by atoms with Crippen molar-refractivity contribution in [3.63, 3.8) is 0 Å². The quantitative estimate of drug-likeness (QED) is 0.770. The number of hydrogen-bond acceptors (Lipinski definition) is 3. The van der Waals surface area contributed by atoms with Gasteiger partial charge in [-0.25, -0.2) is 4.79 Å². The Morgan fingerprint density at radius 3 is 2.70 bits per heavy atom. The van der Waals surface area contributed by atoms with Crippen LogP contribution in [0.1, 0.15) is 18.4 Å². The Kier molecular flexibility index (Phi) is 5.24. The Morgan fingerprint density at radius 1 is 1.35 bits per heavy atom. The van der Waals surface area contributed by atoms with E-state index in [2.05, 4.69) is 28.8 Å². The van der Waals surface area contributed by atoms with E-state index in [-0.39, 0.29) is 0 Å². The highest BCUT2D eigenvalue weighted by atomic mass is 16.4. The molecule has 1 fully saturated rings. The number of benzene rings is 1. The van der Waals surface area contributed by atoms with Crippen LogP contribution in [-0.2, 0) is 6.42 Å². The third-order valence-electron chi connectivity index (χ3n) is 3.88. The number of rotatable bonds is 5. The highest BCUT2D eigenvalue weighted by Gasteiger charge is 2.21. The maximum Gasteiger partial charge on any atom is 0.407 e. The van der Waals surface area contributed by atoms with Crippen LogP contribution in [0.2, 0.25) is 0 Å². The van der Waals surface area contributed by atoms with Gasteiger partial charge in [-0.1, -0.05) is 18.2 Å². The summed E-state index contributed by atoms with van der Waals surface area (Å²) < 4.78 is 0. The maximum absolute atomic E-state index is 10.8. The SMILES string of the molecule is CNc1ccccc1CCNC1CCN(C(=O)O)CC1. The van der Waals surface area contributed by atoms with E-state index in [0.29, 0.717) is 19.1 Å². The molecule has 3 N–H and O–H groups in total. The van der Waals surface area contributed by atoms with E-state index in [1.54, 1.807) is 0 Å². The number of nitrogens with zero attached hydrogens (tertiary/aromatic N) is 1. The number of likely N-dealkylation sites (tertiary alicyclic amines) is 1. The van der Waals surface area contributed by atoms with Crippen LogP contribution in [0.25, 0.3) is 0 Å². The zero-order chi connectivity index (χ0) is 14.4. The second-order valence-electron chi connectivity index (χ2n) is 5.16. The minimum atomic E-state index is -0.800. The lowest BCUT2D eigenvalue weighted by molar-refractivity contribution is 0.129. The third kappa shape index (κ3) is 3.87. The number of nitrogens with one attached hydrogen (secondary N) is 2. The summed E-state index contributed by atoms with van der Waals surface area (Å²) in [4.78, 5) is 12.3. The average Bonchev–Trinajstić information content (AvgIpc) is 2.48. The number of carbonyl (C=O) groups is 1. The van der Waals surface area contributed by atoms with Gasteiger partial charge in [-0.15, -0.1) is 0 Å². The van der Waals surface area contributed by atoms with Crippen molar-refractivity contribution in [2.45, 2.75) is 25.3 Å². The first kappa shape index (κ1) is 14.7. The summed E-state index contributed by atoms with van der Waals surface area (Å²) in [6.45, 7) is 2.20. The van der Waals surface area contributed by atoms with E-state index in [4.69, 9.17) is 5.11 Å². The molecular formula is C15H23N3O2. The highest BCUT2D eigenvalue weighted by Crippen LogP contribution is 2.15. The fourth-order valence-electron chi connectivity index (χ4n) is 2.67. The van der Waals surface area contributed by atoms with Gasteiger partial charge in [0, 0.05) is 31.9 Å². The summed E-state index contributed by atoms with van der Waals surface area (Å²) in [5, 5.41) is 15.6. The molecule has 5 nitrogen and oxygen atoms in total. The topological polar surface area (TPSA) is 64.6 Å². The molecule has 0 atom stereocenters. The van der Waals surface area contributed by atoms with Crippen LogP contribution in [0, 0.1) is 0 Å². The minimum absolute atomic E-state index is 0.437. The first-order valence-corrected chi connectivity index (χ1v) is 7.17. The molecule has 0 radical (unpaired) electrons. The molecule has 0 unspecified atom stereocenters. The van der Waals surface area contributed by atoms with Crippen molar-refractivity contribution in [1.82, 2.24) is 10.2 Å². The predicted octanol–water partition coefficient (Wildman–Crippen LogP) is 2.00. The van der Waals surface area contributed by atoms with E-state index in [1.807, 2.05) is 13.1 Å². The minimum Gasteiger partial charge on any atom is -0.465 e. The number of anilines is 1. The number of para-hydroxylation sites is 1. The van der Waals surface area contributed by atoms with Crippen LogP contribution >= 0.6 is 0 Å². The molecule has 0 bridgehead atoms. The van der Waals surface area contributed by atoms with E-state index in [0.717, 1.165) is 25.8 Å². The van der Waals surface area contributed by atoms with Gasteiger partial charge in [0.2, 0.25) is 0 Å². The molecule has 1 aromatic rings. The zero-order valence-corrected chi connectivity index (χ0v) is 11.9. The van der Waals surface area contributed by atoms with Crippen molar-refractivity contribution >= 4 is 11.8 Å². The lowest BCUT2D eigenvalue weighted by Crippen LogP contribution is -2.44. The fraction of sp³-hybridized carbons (Fsp3) is 0.533. The number of carboxylic acid groups (broad SMARTS) is 1. The number of amides is 1.